The molecule has 0 aromatic carbocycles. The molecule has 0 heterocycles. The van der Waals surface area contributed by atoms with Gasteiger partial charge in [0.2, 0.25) is 0 Å². The number of allylic oxidation sites excluding steroid dienone is 8. The van der Waals surface area contributed by atoms with E-state index in [9.17, 15) is 0 Å². The van der Waals surface area contributed by atoms with E-state index in [1.54, 1.807) is 50.3 Å². The maximum absolute atomic E-state index is 2.49. The van der Waals surface area contributed by atoms with Gasteiger partial charge in [-0.3, -0.25) is 0 Å². The Morgan fingerprint density at radius 1 is 1.10 bits per heavy atom. The molecule has 0 unspecified atom stereocenters. The van der Waals surface area contributed by atoms with E-state index in [1.807, 2.05) is 0 Å². The van der Waals surface area contributed by atoms with Gasteiger partial charge < -0.3 is 24.8 Å². The second-order valence-electron chi connectivity index (χ2n) is 6.40. The van der Waals surface area contributed by atoms with Crippen LogP contribution in [0.5, 0.6) is 0 Å². The molecule has 0 nitrogen and oxygen atoms in total. The van der Waals surface area contributed by atoms with Gasteiger partial charge in [-0.1, -0.05) is 0 Å². The van der Waals surface area contributed by atoms with Gasteiger partial charge in [-0.15, -0.1) is 0 Å². The molecule has 0 bridgehead atoms. The average Bonchev–Trinajstić information content (AvgIpc) is 2.76. The van der Waals surface area contributed by atoms with Crippen molar-refractivity contribution in [2.45, 2.75) is 60.8 Å². The summed E-state index contributed by atoms with van der Waals surface area (Å²) in [5.41, 5.74) is 9.62. The SMILES string of the molecule is CCCC1=[C]([Zr+2])CC=C1C1=C(C)C(C)=C(C)C1(C)C.[Cl-].[Cl-]. The standard InChI is InChI=1S/C18H25.2ClH.Zr/c1-7-9-15-10-8-11-16(15)17-13(3)12(2)14(4)18(17,5)6;;;/h11H,7-9H2,1-6H3;2*1H;/q;;;+2/p-2. The molecule has 0 saturated heterocycles. The molecule has 2 rings (SSSR count). The van der Waals surface area contributed by atoms with Gasteiger partial charge in [0.25, 0.3) is 0 Å². The van der Waals surface area contributed by atoms with Crippen LogP contribution in [0.4, 0.5) is 0 Å². The second-order valence-corrected chi connectivity index (χ2v) is 7.89. The van der Waals surface area contributed by atoms with Gasteiger partial charge in [0, 0.05) is 0 Å². The average molecular weight is 404 g/mol. The van der Waals surface area contributed by atoms with E-state index < -0.39 is 0 Å². The van der Waals surface area contributed by atoms with E-state index in [0.717, 1.165) is 0 Å². The summed E-state index contributed by atoms with van der Waals surface area (Å²) in [5, 5.41) is 0. The topological polar surface area (TPSA) is 0 Å². The first kappa shape index (κ1) is 21.4. The Labute approximate surface area is 157 Å². The number of hydrogen-bond acceptors (Lipinski definition) is 0. The minimum absolute atomic E-state index is 0. The third-order valence-electron chi connectivity index (χ3n) is 5.03. The van der Waals surface area contributed by atoms with Crippen LogP contribution in [0.1, 0.15) is 60.8 Å². The summed E-state index contributed by atoms with van der Waals surface area (Å²) in [7, 11) is 0. The zero-order chi connectivity index (χ0) is 14.4. The Kier molecular flexibility index (Phi) is 7.96. The van der Waals surface area contributed by atoms with Crippen molar-refractivity contribution in [3.63, 3.8) is 0 Å². The molecular weight excluding hydrogens is 378 g/mol. The summed E-state index contributed by atoms with van der Waals surface area (Å²) in [6.45, 7) is 14.0. The number of halogens is 2. The van der Waals surface area contributed by atoms with Gasteiger partial charge in [0.05, 0.1) is 0 Å². The van der Waals surface area contributed by atoms with Crippen molar-refractivity contribution in [3.8, 4) is 0 Å². The first-order valence-electron chi connectivity index (χ1n) is 7.36. The maximum atomic E-state index is 2.49. The zero-order valence-electron chi connectivity index (χ0n) is 14.0. The van der Waals surface area contributed by atoms with E-state index in [2.05, 4.69) is 47.6 Å². The fraction of sp³-hybridized carbons (Fsp3) is 0.556. The fourth-order valence-corrected chi connectivity index (χ4v) is 4.42. The van der Waals surface area contributed by atoms with Crippen LogP contribution in [-0.4, -0.2) is 0 Å². The minimum atomic E-state index is 0. The summed E-state index contributed by atoms with van der Waals surface area (Å²) >= 11 is 1.60. The number of hydrogen-bond donors (Lipinski definition) is 0. The predicted molar refractivity (Wildman–Crippen MR) is 79.5 cm³/mol. The molecule has 0 aliphatic heterocycles. The molecular formula is C18H25Cl2Zr. The smallest absolute Gasteiger partial charge is 1.00 e. The molecule has 0 spiro atoms. The van der Waals surface area contributed by atoms with Crippen LogP contribution < -0.4 is 24.8 Å². The van der Waals surface area contributed by atoms with Gasteiger partial charge in [-0.05, 0) is 0 Å². The van der Waals surface area contributed by atoms with Crippen molar-refractivity contribution >= 4 is 0 Å². The van der Waals surface area contributed by atoms with Gasteiger partial charge in [-0.25, -0.2) is 0 Å². The molecule has 0 aromatic rings. The molecule has 2 aliphatic rings. The van der Waals surface area contributed by atoms with Crippen LogP contribution in [-0.2, 0) is 24.7 Å². The molecule has 0 saturated carbocycles. The molecule has 0 N–H and O–H groups in total. The van der Waals surface area contributed by atoms with E-state index in [4.69, 9.17) is 0 Å². The number of rotatable bonds is 3. The Morgan fingerprint density at radius 3 is 2.10 bits per heavy atom. The van der Waals surface area contributed by atoms with Crippen LogP contribution in [0, 0.1) is 5.41 Å². The third kappa shape index (κ3) is 3.51. The Morgan fingerprint density at radius 2 is 1.67 bits per heavy atom. The molecule has 0 amide bonds. The summed E-state index contributed by atoms with van der Waals surface area (Å²) in [4.78, 5) is 0. The van der Waals surface area contributed by atoms with Gasteiger partial charge in [0.1, 0.15) is 0 Å². The Balaban J connectivity index is 0.00000200. The summed E-state index contributed by atoms with van der Waals surface area (Å²) in [5.74, 6) is 0. The third-order valence-corrected chi connectivity index (χ3v) is 6.28. The minimum Gasteiger partial charge on any atom is -1.00 e. The van der Waals surface area contributed by atoms with Crippen molar-refractivity contribution in [3.05, 3.63) is 42.8 Å². The first-order chi connectivity index (χ1) is 8.82. The molecule has 0 atom stereocenters. The molecule has 0 fully saturated rings. The Hall–Kier alpha value is 0.423. The summed E-state index contributed by atoms with van der Waals surface area (Å²) in [6, 6.07) is 0. The molecule has 3 heteroatoms. The molecule has 21 heavy (non-hydrogen) atoms. The molecule has 0 aromatic heterocycles. The Bertz CT molecular complexity index is 546. The van der Waals surface area contributed by atoms with E-state index in [0.29, 0.717) is 0 Å². The van der Waals surface area contributed by atoms with Crippen LogP contribution in [0.3, 0.4) is 0 Å². The molecule has 0 radical (unpaired) electrons. The zero-order valence-corrected chi connectivity index (χ0v) is 17.9. The van der Waals surface area contributed by atoms with Crippen LogP contribution in [0.15, 0.2) is 42.8 Å². The van der Waals surface area contributed by atoms with Crippen molar-refractivity contribution in [1.82, 2.24) is 0 Å². The van der Waals surface area contributed by atoms with E-state index in [1.165, 1.54) is 30.4 Å². The van der Waals surface area contributed by atoms with Gasteiger partial charge in [-0.2, -0.15) is 0 Å². The van der Waals surface area contributed by atoms with Gasteiger partial charge in [0.15, 0.2) is 0 Å². The fourth-order valence-electron chi connectivity index (χ4n) is 3.53. The molecule has 115 valence electrons. The van der Waals surface area contributed by atoms with Crippen molar-refractivity contribution in [1.29, 1.82) is 0 Å². The van der Waals surface area contributed by atoms with Crippen molar-refractivity contribution in [2.75, 3.05) is 0 Å². The largest absolute Gasteiger partial charge is 1.00 e. The quantitative estimate of drug-likeness (QED) is 0.603. The van der Waals surface area contributed by atoms with E-state index in [-0.39, 0.29) is 30.2 Å². The van der Waals surface area contributed by atoms with Crippen LogP contribution >= 0.6 is 0 Å². The van der Waals surface area contributed by atoms with Crippen molar-refractivity contribution < 1.29 is 49.5 Å². The van der Waals surface area contributed by atoms with Gasteiger partial charge >= 0.3 is 134 Å². The molecule has 2 aliphatic carbocycles. The van der Waals surface area contributed by atoms with Crippen LogP contribution in [0.25, 0.3) is 0 Å². The second kappa shape index (κ2) is 7.80. The summed E-state index contributed by atoms with van der Waals surface area (Å²) < 4.78 is 1.67. The predicted octanol–water partition coefficient (Wildman–Crippen LogP) is -0.382. The summed E-state index contributed by atoms with van der Waals surface area (Å²) in [6.07, 6.45) is 6.18. The van der Waals surface area contributed by atoms with Crippen molar-refractivity contribution in [2.24, 2.45) is 5.41 Å². The first-order valence-corrected chi connectivity index (χ1v) is 8.59. The normalized spacial score (nSPS) is 20.7. The maximum Gasteiger partial charge on any atom is -1.00 e. The van der Waals surface area contributed by atoms with Crippen LogP contribution in [0.2, 0.25) is 0 Å². The monoisotopic (exact) mass is 401 g/mol. The van der Waals surface area contributed by atoms with E-state index >= 15 is 0 Å².